The summed E-state index contributed by atoms with van der Waals surface area (Å²) in [5.74, 6) is 0.894. The lowest BCUT2D eigenvalue weighted by Gasteiger charge is -2.33. The normalized spacial score (nSPS) is 15.3. The zero-order chi connectivity index (χ0) is 25.2. The van der Waals surface area contributed by atoms with Crippen LogP contribution in [0.25, 0.3) is 0 Å². The number of carbonyl (C=O) groups excluding carboxylic acids is 2. The molecule has 2 aromatic carbocycles. The fraction of sp³-hybridized carbons (Fsp3) is 0.357. The van der Waals surface area contributed by atoms with Crippen molar-refractivity contribution in [1.29, 1.82) is 0 Å². The van der Waals surface area contributed by atoms with Gasteiger partial charge in [-0.05, 0) is 72.1 Å². The maximum atomic E-state index is 13.5. The van der Waals surface area contributed by atoms with Crippen LogP contribution >= 0.6 is 22.9 Å². The molecular formula is C28H31ClN2O3S. The maximum Gasteiger partial charge on any atom is 0.258 e. The minimum absolute atomic E-state index is 0.155. The van der Waals surface area contributed by atoms with E-state index in [1.54, 1.807) is 31.4 Å². The number of carbonyl (C=O) groups is 2. The highest BCUT2D eigenvalue weighted by Gasteiger charge is 2.34. The standard InChI is InChI=1S/C28H31ClN2O3S/c1-28(2,3)18-10-13-22-23(15-18)35-27(25(22)26(33)30-20-7-5-6-19(29)16-20)31-24(32)14-17-8-11-21(34-4)12-9-17/h5-9,11-12,16,18H,10,13-15H2,1-4H3,(H,30,33)(H,31,32). The second kappa shape index (κ2) is 10.4. The Kier molecular flexibility index (Phi) is 7.53. The molecule has 2 amide bonds. The number of nitrogens with one attached hydrogen (secondary N) is 2. The van der Waals surface area contributed by atoms with E-state index in [1.165, 1.54) is 16.2 Å². The Balaban J connectivity index is 1.61. The van der Waals surface area contributed by atoms with Crippen molar-refractivity contribution in [2.45, 2.75) is 46.5 Å². The van der Waals surface area contributed by atoms with Gasteiger partial charge < -0.3 is 15.4 Å². The fourth-order valence-electron chi connectivity index (χ4n) is 4.51. The fourth-order valence-corrected chi connectivity index (χ4v) is 6.04. The van der Waals surface area contributed by atoms with Gasteiger partial charge in [-0.2, -0.15) is 0 Å². The van der Waals surface area contributed by atoms with Crippen LogP contribution in [0.5, 0.6) is 5.75 Å². The Morgan fingerprint density at radius 2 is 1.86 bits per heavy atom. The van der Waals surface area contributed by atoms with E-state index in [9.17, 15) is 9.59 Å². The Bertz CT molecular complexity index is 1230. The highest BCUT2D eigenvalue weighted by molar-refractivity contribution is 7.17. The third kappa shape index (κ3) is 6.06. The number of halogens is 1. The smallest absolute Gasteiger partial charge is 0.258 e. The van der Waals surface area contributed by atoms with E-state index < -0.39 is 0 Å². The van der Waals surface area contributed by atoms with E-state index in [-0.39, 0.29) is 23.7 Å². The Labute approximate surface area is 215 Å². The van der Waals surface area contributed by atoms with Crippen molar-refractivity contribution in [3.05, 3.63) is 75.1 Å². The lowest BCUT2D eigenvalue weighted by atomic mass is 9.72. The zero-order valence-corrected chi connectivity index (χ0v) is 22.1. The van der Waals surface area contributed by atoms with Crippen LogP contribution < -0.4 is 15.4 Å². The lowest BCUT2D eigenvalue weighted by Crippen LogP contribution is -2.27. The van der Waals surface area contributed by atoms with E-state index in [0.29, 0.717) is 27.2 Å². The summed E-state index contributed by atoms with van der Waals surface area (Å²) in [6.07, 6.45) is 2.96. The topological polar surface area (TPSA) is 67.4 Å². The minimum Gasteiger partial charge on any atom is -0.497 e. The Morgan fingerprint density at radius 1 is 1.11 bits per heavy atom. The van der Waals surface area contributed by atoms with E-state index in [2.05, 4.69) is 31.4 Å². The molecule has 0 bridgehead atoms. The molecule has 7 heteroatoms. The lowest BCUT2D eigenvalue weighted by molar-refractivity contribution is -0.115. The van der Waals surface area contributed by atoms with E-state index >= 15 is 0 Å². The molecule has 1 aliphatic rings. The van der Waals surface area contributed by atoms with Crippen LogP contribution in [0.15, 0.2) is 48.5 Å². The highest BCUT2D eigenvalue weighted by Crippen LogP contribution is 2.44. The van der Waals surface area contributed by atoms with E-state index in [0.717, 1.165) is 36.1 Å². The third-order valence-corrected chi connectivity index (χ3v) is 7.98. The van der Waals surface area contributed by atoms with Crippen LogP contribution in [0.3, 0.4) is 0 Å². The number of fused-ring (bicyclic) bond motifs is 1. The first-order valence-electron chi connectivity index (χ1n) is 11.8. The molecule has 0 radical (unpaired) electrons. The molecule has 0 saturated heterocycles. The molecule has 184 valence electrons. The quantitative estimate of drug-likeness (QED) is 0.375. The molecule has 2 N–H and O–H groups in total. The zero-order valence-electron chi connectivity index (χ0n) is 20.5. The first-order chi connectivity index (χ1) is 16.6. The summed E-state index contributed by atoms with van der Waals surface area (Å²) in [4.78, 5) is 27.6. The van der Waals surface area contributed by atoms with Gasteiger partial charge in [0, 0.05) is 15.6 Å². The molecule has 1 aliphatic carbocycles. The third-order valence-electron chi connectivity index (χ3n) is 6.58. The van der Waals surface area contributed by atoms with Gasteiger partial charge in [-0.1, -0.05) is 50.6 Å². The number of hydrogen-bond donors (Lipinski definition) is 2. The molecule has 1 heterocycles. The summed E-state index contributed by atoms with van der Waals surface area (Å²) in [6, 6.07) is 14.5. The largest absolute Gasteiger partial charge is 0.497 e. The molecule has 1 aromatic heterocycles. The van der Waals surface area contributed by atoms with Crippen LogP contribution in [0, 0.1) is 11.3 Å². The van der Waals surface area contributed by atoms with Crippen LogP contribution in [-0.2, 0) is 24.1 Å². The average Bonchev–Trinajstić information content (AvgIpc) is 3.16. The van der Waals surface area contributed by atoms with Gasteiger partial charge in [-0.15, -0.1) is 11.3 Å². The molecule has 4 rings (SSSR count). The van der Waals surface area contributed by atoms with Crippen molar-refractivity contribution in [1.82, 2.24) is 0 Å². The van der Waals surface area contributed by atoms with Gasteiger partial charge in [0.1, 0.15) is 10.8 Å². The second-order valence-corrected chi connectivity index (χ2v) is 11.6. The SMILES string of the molecule is COc1ccc(CC(=O)Nc2sc3c(c2C(=O)Nc2cccc(Cl)c2)CCC(C(C)(C)C)C3)cc1. The average molecular weight is 511 g/mol. The molecular weight excluding hydrogens is 480 g/mol. The molecule has 35 heavy (non-hydrogen) atoms. The summed E-state index contributed by atoms with van der Waals surface area (Å²) < 4.78 is 5.20. The van der Waals surface area contributed by atoms with Gasteiger partial charge in [-0.25, -0.2) is 0 Å². The second-order valence-electron chi connectivity index (χ2n) is 10.1. The van der Waals surface area contributed by atoms with E-state index in [1.807, 2.05) is 24.3 Å². The number of thiophene rings is 1. The van der Waals surface area contributed by atoms with Crippen molar-refractivity contribution >= 4 is 45.4 Å². The highest BCUT2D eigenvalue weighted by atomic mass is 35.5. The van der Waals surface area contributed by atoms with Crippen LogP contribution in [0.2, 0.25) is 5.02 Å². The number of ether oxygens (including phenoxy) is 1. The van der Waals surface area contributed by atoms with Crippen LogP contribution in [0.4, 0.5) is 10.7 Å². The van der Waals surface area contributed by atoms with Crippen molar-refractivity contribution in [2.24, 2.45) is 11.3 Å². The first kappa shape index (κ1) is 25.3. The summed E-state index contributed by atoms with van der Waals surface area (Å²) in [5, 5.41) is 7.17. The summed E-state index contributed by atoms with van der Waals surface area (Å²) in [7, 11) is 1.61. The summed E-state index contributed by atoms with van der Waals surface area (Å²) >= 11 is 7.64. The predicted molar refractivity (Wildman–Crippen MR) is 144 cm³/mol. The predicted octanol–water partition coefficient (Wildman–Crippen LogP) is 6.99. The number of rotatable bonds is 6. The molecule has 0 aliphatic heterocycles. The van der Waals surface area contributed by atoms with Gasteiger partial charge in [0.05, 0.1) is 19.1 Å². The van der Waals surface area contributed by atoms with Gasteiger partial charge in [-0.3, -0.25) is 9.59 Å². The molecule has 1 unspecified atom stereocenters. The van der Waals surface area contributed by atoms with Gasteiger partial charge in [0.15, 0.2) is 0 Å². The molecule has 1 atom stereocenters. The first-order valence-corrected chi connectivity index (χ1v) is 13.0. The Hall–Kier alpha value is -2.83. The number of benzene rings is 2. The van der Waals surface area contributed by atoms with Crippen molar-refractivity contribution in [3.8, 4) is 5.75 Å². The van der Waals surface area contributed by atoms with Crippen molar-refractivity contribution in [3.63, 3.8) is 0 Å². The van der Waals surface area contributed by atoms with Gasteiger partial charge in [0.25, 0.3) is 5.91 Å². The molecule has 5 nitrogen and oxygen atoms in total. The van der Waals surface area contributed by atoms with Gasteiger partial charge >= 0.3 is 0 Å². The monoisotopic (exact) mass is 510 g/mol. The molecule has 0 fully saturated rings. The summed E-state index contributed by atoms with van der Waals surface area (Å²) in [5.41, 5.74) is 3.31. The summed E-state index contributed by atoms with van der Waals surface area (Å²) in [6.45, 7) is 6.79. The van der Waals surface area contributed by atoms with Crippen LogP contribution in [0.1, 0.15) is 53.6 Å². The Morgan fingerprint density at radius 3 is 2.51 bits per heavy atom. The molecule has 0 spiro atoms. The molecule has 3 aromatic rings. The van der Waals surface area contributed by atoms with Crippen LogP contribution in [-0.4, -0.2) is 18.9 Å². The number of hydrogen-bond acceptors (Lipinski definition) is 4. The number of anilines is 2. The number of methoxy groups -OCH3 is 1. The van der Waals surface area contributed by atoms with Crippen molar-refractivity contribution < 1.29 is 14.3 Å². The van der Waals surface area contributed by atoms with E-state index in [4.69, 9.17) is 16.3 Å². The minimum atomic E-state index is -0.223. The molecule has 0 saturated carbocycles. The van der Waals surface area contributed by atoms with Crippen molar-refractivity contribution in [2.75, 3.05) is 17.7 Å². The maximum absolute atomic E-state index is 13.5. The van der Waals surface area contributed by atoms with Gasteiger partial charge in [0.2, 0.25) is 5.91 Å². The number of amides is 2.